The van der Waals surface area contributed by atoms with Crippen molar-refractivity contribution in [3.63, 3.8) is 0 Å². The van der Waals surface area contributed by atoms with Gasteiger partial charge in [-0.1, -0.05) is 96.5 Å². The van der Waals surface area contributed by atoms with E-state index in [0.29, 0.717) is 46.0 Å². The molecule has 0 amide bonds. The van der Waals surface area contributed by atoms with Gasteiger partial charge in [-0.05, 0) is 144 Å². The molecule has 288 valence electrons. The molecule has 61 heavy (non-hydrogen) atoms. The lowest BCUT2D eigenvalue weighted by molar-refractivity contribution is 0.481. The number of benzene rings is 8. The van der Waals surface area contributed by atoms with Gasteiger partial charge in [-0.3, -0.25) is 0 Å². The minimum absolute atomic E-state index is 0.643. The normalized spacial score (nSPS) is 10.6. The van der Waals surface area contributed by atoms with E-state index in [2.05, 4.69) is 72.2 Å². The first-order valence-electron chi connectivity index (χ1n) is 19.4. The molecule has 0 heterocycles. The van der Waals surface area contributed by atoms with Crippen molar-refractivity contribution >= 4 is 0 Å². The fourth-order valence-corrected chi connectivity index (χ4v) is 7.23. The third kappa shape index (κ3) is 8.72. The van der Waals surface area contributed by atoms with Crippen LogP contribution in [0.1, 0.15) is 44.5 Å². The van der Waals surface area contributed by atoms with Crippen LogP contribution in [0, 0.1) is 49.4 Å². The Hall–Kier alpha value is -8.80. The maximum absolute atomic E-state index is 6.29. The maximum Gasteiger partial charge on any atom is 0.128 e. The molecule has 0 aliphatic rings. The first kappa shape index (κ1) is 39.0. The van der Waals surface area contributed by atoms with Crippen molar-refractivity contribution in [2.75, 3.05) is 0 Å². The summed E-state index contributed by atoms with van der Waals surface area (Å²) in [7, 11) is 0. The van der Waals surface area contributed by atoms with Crippen LogP contribution >= 0.6 is 0 Å². The third-order valence-electron chi connectivity index (χ3n) is 10.1. The zero-order valence-electron chi connectivity index (χ0n) is 32.9. The number of ether oxygens (including phenoxy) is 4. The molecular formula is C57H36O4. The number of terminal acetylenes is 4. The van der Waals surface area contributed by atoms with Crippen molar-refractivity contribution in [3.8, 4) is 95.4 Å². The first-order chi connectivity index (χ1) is 29.9. The number of hydrogen-bond acceptors (Lipinski definition) is 4. The predicted octanol–water partition coefficient (Wildman–Crippen LogP) is 13.2. The average molecular weight is 785 g/mol. The molecule has 0 fully saturated rings. The van der Waals surface area contributed by atoms with Crippen LogP contribution < -0.4 is 18.9 Å². The molecule has 4 nitrogen and oxygen atoms in total. The molecule has 0 radical (unpaired) electrons. The van der Waals surface area contributed by atoms with Crippen LogP contribution in [0.2, 0.25) is 0 Å². The standard InChI is InChI=1S/C57H36O4/c1-5-41-13-9-17-53(37-41)58-49-29-21-45(22-30-49)57(46-23-31-50(32-24-46)59-54-18-10-14-42(6-2)38-54,47-25-33-51(34-26-47)60-55-19-11-15-43(7-3)39-55)48-27-35-52(36-28-48)61-56-20-12-16-44(8-4)40-56/h1-4,9-40H. The smallest absolute Gasteiger partial charge is 0.128 e. The molecule has 0 N–H and O–H groups in total. The Labute approximate surface area is 357 Å². The fourth-order valence-electron chi connectivity index (χ4n) is 7.23. The zero-order chi connectivity index (χ0) is 42.0. The van der Waals surface area contributed by atoms with Gasteiger partial charge in [0.05, 0.1) is 5.41 Å². The highest BCUT2D eigenvalue weighted by Gasteiger charge is 2.39. The van der Waals surface area contributed by atoms with Crippen LogP contribution in [0.5, 0.6) is 46.0 Å². The van der Waals surface area contributed by atoms with Crippen molar-refractivity contribution in [1.82, 2.24) is 0 Å². The molecule has 0 bridgehead atoms. The quantitative estimate of drug-likeness (QED) is 0.0913. The van der Waals surface area contributed by atoms with E-state index in [-0.39, 0.29) is 0 Å². The van der Waals surface area contributed by atoms with Crippen LogP contribution in [-0.4, -0.2) is 0 Å². The van der Waals surface area contributed by atoms with Crippen molar-refractivity contribution in [2.45, 2.75) is 5.41 Å². The van der Waals surface area contributed by atoms with Gasteiger partial charge in [0, 0.05) is 22.3 Å². The molecular weight excluding hydrogens is 749 g/mol. The summed E-state index contributed by atoms with van der Waals surface area (Å²) >= 11 is 0. The van der Waals surface area contributed by atoms with Crippen molar-refractivity contribution in [1.29, 1.82) is 0 Å². The highest BCUT2D eigenvalue weighted by atomic mass is 16.5. The molecule has 4 heteroatoms. The summed E-state index contributed by atoms with van der Waals surface area (Å²) in [4.78, 5) is 0. The van der Waals surface area contributed by atoms with Crippen molar-refractivity contribution < 1.29 is 18.9 Å². The molecule has 8 rings (SSSR count). The lowest BCUT2D eigenvalue weighted by Gasteiger charge is -2.37. The number of rotatable bonds is 12. The van der Waals surface area contributed by atoms with E-state index in [1.807, 2.05) is 146 Å². The highest BCUT2D eigenvalue weighted by molar-refractivity contribution is 5.62. The second-order valence-electron chi connectivity index (χ2n) is 13.9. The summed E-state index contributed by atoms with van der Waals surface area (Å²) in [5.74, 6) is 15.9. The topological polar surface area (TPSA) is 36.9 Å². The Morgan fingerprint density at radius 2 is 0.475 bits per heavy atom. The molecule has 0 aliphatic carbocycles. The summed E-state index contributed by atoms with van der Waals surface area (Å²) in [6.45, 7) is 0. The Morgan fingerprint density at radius 1 is 0.262 bits per heavy atom. The monoisotopic (exact) mass is 784 g/mol. The second-order valence-corrected chi connectivity index (χ2v) is 13.9. The van der Waals surface area contributed by atoms with Crippen LogP contribution in [0.25, 0.3) is 0 Å². The Bertz CT molecular complexity index is 2570. The van der Waals surface area contributed by atoms with Gasteiger partial charge < -0.3 is 18.9 Å². The van der Waals surface area contributed by atoms with E-state index >= 15 is 0 Å². The molecule has 0 saturated heterocycles. The van der Waals surface area contributed by atoms with Gasteiger partial charge >= 0.3 is 0 Å². The second kappa shape index (κ2) is 17.8. The van der Waals surface area contributed by atoms with Gasteiger partial charge in [0.25, 0.3) is 0 Å². The van der Waals surface area contributed by atoms with Crippen molar-refractivity contribution in [2.24, 2.45) is 0 Å². The van der Waals surface area contributed by atoms with E-state index < -0.39 is 5.41 Å². The molecule has 0 aromatic heterocycles. The third-order valence-corrected chi connectivity index (χ3v) is 10.1. The Balaban J connectivity index is 1.25. The largest absolute Gasteiger partial charge is 0.457 e. The molecule has 0 spiro atoms. The van der Waals surface area contributed by atoms with E-state index in [1.54, 1.807) is 0 Å². The molecule has 8 aromatic carbocycles. The molecule has 0 unspecified atom stereocenters. The summed E-state index contributed by atoms with van der Waals surface area (Å²) in [6.07, 6.45) is 22.7. The van der Waals surface area contributed by atoms with Gasteiger partial charge in [-0.25, -0.2) is 0 Å². The Morgan fingerprint density at radius 3 is 0.672 bits per heavy atom. The molecule has 0 saturated carbocycles. The summed E-state index contributed by atoms with van der Waals surface area (Å²) in [5, 5.41) is 0. The van der Waals surface area contributed by atoms with Gasteiger partial charge in [0.2, 0.25) is 0 Å². The molecule has 8 aromatic rings. The maximum atomic E-state index is 6.29. The summed E-state index contributed by atoms with van der Waals surface area (Å²) in [5.41, 5.74) is 5.93. The van der Waals surface area contributed by atoms with E-state index in [1.165, 1.54) is 0 Å². The van der Waals surface area contributed by atoms with Crippen LogP contribution in [0.15, 0.2) is 194 Å². The van der Waals surface area contributed by atoms with E-state index in [0.717, 1.165) is 44.5 Å². The van der Waals surface area contributed by atoms with E-state index in [4.69, 9.17) is 44.6 Å². The average Bonchev–Trinajstić information content (AvgIpc) is 3.31. The molecule has 0 atom stereocenters. The predicted molar refractivity (Wildman–Crippen MR) is 243 cm³/mol. The SMILES string of the molecule is C#Cc1cccc(Oc2ccc(C(c3ccc(Oc4cccc(C#C)c4)cc3)(c3ccc(Oc4cccc(C#C)c4)cc3)c3ccc(Oc4cccc(C#C)c4)cc3)cc2)c1. The first-order valence-corrected chi connectivity index (χ1v) is 19.4. The fraction of sp³-hybridized carbons (Fsp3) is 0.0175. The van der Waals surface area contributed by atoms with Crippen LogP contribution in [-0.2, 0) is 5.41 Å². The Kier molecular flexibility index (Phi) is 11.4. The van der Waals surface area contributed by atoms with Crippen molar-refractivity contribution in [3.05, 3.63) is 239 Å². The van der Waals surface area contributed by atoms with Gasteiger partial charge in [-0.2, -0.15) is 0 Å². The number of hydrogen-bond donors (Lipinski definition) is 0. The molecule has 0 aliphatic heterocycles. The van der Waals surface area contributed by atoms with Gasteiger partial charge in [-0.15, -0.1) is 25.7 Å². The lowest BCUT2D eigenvalue weighted by atomic mass is 9.65. The minimum atomic E-state index is -0.881. The summed E-state index contributed by atoms with van der Waals surface area (Å²) < 4.78 is 25.2. The van der Waals surface area contributed by atoms with Crippen LogP contribution in [0.3, 0.4) is 0 Å². The lowest BCUT2D eigenvalue weighted by Crippen LogP contribution is -2.31. The summed E-state index contributed by atoms with van der Waals surface area (Å²) in [6, 6.07) is 62.2. The zero-order valence-corrected chi connectivity index (χ0v) is 32.9. The van der Waals surface area contributed by atoms with E-state index in [9.17, 15) is 0 Å². The van der Waals surface area contributed by atoms with Gasteiger partial charge in [0.15, 0.2) is 0 Å². The van der Waals surface area contributed by atoms with Crippen LogP contribution in [0.4, 0.5) is 0 Å². The highest BCUT2D eigenvalue weighted by Crippen LogP contribution is 2.47. The van der Waals surface area contributed by atoms with Gasteiger partial charge in [0.1, 0.15) is 46.0 Å². The minimum Gasteiger partial charge on any atom is -0.457 e.